The molecule has 1 aliphatic heterocycles. The van der Waals surface area contributed by atoms with Crippen LogP contribution in [-0.2, 0) is 9.53 Å². The standard InChI is InChI=1S/C16H26N4O2/c1-4-19-9-10-22-14(12-19)16(21)18-13-7-8-15(17-11-13)20(5-2)6-3/h7-8,11,14H,4-6,9-10,12H2,1-3H3,(H,18,21). The number of morpholine rings is 1. The molecule has 6 nitrogen and oxygen atoms in total. The van der Waals surface area contributed by atoms with E-state index in [1.807, 2.05) is 12.1 Å². The number of likely N-dealkylation sites (N-methyl/N-ethyl adjacent to an activating group) is 1. The van der Waals surface area contributed by atoms with Gasteiger partial charge in [0.05, 0.1) is 18.5 Å². The Morgan fingerprint density at radius 1 is 1.41 bits per heavy atom. The van der Waals surface area contributed by atoms with E-state index in [4.69, 9.17) is 4.74 Å². The van der Waals surface area contributed by atoms with Crippen molar-refractivity contribution < 1.29 is 9.53 Å². The summed E-state index contributed by atoms with van der Waals surface area (Å²) in [5.74, 6) is 0.824. The molecule has 1 aromatic heterocycles. The quantitative estimate of drug-likeness (QED) is 0.865. The Hall–Kier alpha value is -1.66. The molecule has 1 aliphatic rings. The molecule has 122 valence electrons. The maximum absolute atomic E-state index is 12.3. The van der Waals surface area contributed by atoms with Gasteiger partial charge < -0.3 is 15.0 Å². The van der Waals surface area contributed by atoms with Gasteiger partial charge in [-0.05, 0) is 32.5 Å². The topological polar surface area (TPSA) is 57.7 Å². The molecule has 1 aromatic rings. The Labute approximate surface area is 132 Å². The molecule has 0 saturated carbocycles. The number of anilines is 2. The third-order valence-corrected chi connectivity index (χ3v) is 3.99. The van der Waals surface area contributed by atoms with E-state index in [1.54, 1.807) is 6.20 Å². The molecule has 1 atom stereocenters. The minimum Gasteiger partial charge on any atom is -0.366 e. The lowest BCUT2D eigenvalue weighted by Gasteiger charge is -2.31. The number of hydrogen-bond donors (Lipinski definition) is 1. The van der Waals surface area contributed by atoms with Gasteiger partial charge in [0.2, 0.25) is 0 Å². The SMILES string of the molecule is CCN1CCOC(C(=O)Nc2ccc(N(CC)CC)nc2)C1. The Kier molecular flexibility index (Phi) is 6.15. The predicted octanol–water partition coefficient (Wildman–Crippen LogP) is 1.59. The number of aromatic nitrogens is 1. The summed E-state index contributed by atoms with van der Waals surface area (Å²) in [5.41, 5.74) is 0.707. The number of nitrogens with zero attached hydrogens (tertiary/aromatic N) is 3. The maximum Gasteiger partial charge on any atom is 0.254 e. The Balaban J connectivity index is 1.94. The van der Waals surface area contributed by atoms with Gasteiger partial charge in [-0.2, -0.15) is 0 Å². The lowest BCUT2D eigenvalue weighted by molar-refractivity contribution is -0.132. The van der Waals surface area contributed by atoms with Gasteiger partial charge in [0.25, 0.3) is 5.91 Å². The number of nitrogens with one attached hydrogen (secondary N) is 1. The zero-order valence-corrected chi connectivity index (χ0v) is 13.7. The Morgan fingerprint density at radius 2 is 2.18 bits per heavy atom. The normalized spacial score (nSPS) is 19.0. The molecular weight excluding hydrogens is 280 g/mol. The van der Waals surface area contributed by atoms with Gasteiger partial charge in [-0.15, -0.1) is 0 Å². The molecule has 1 amide bonds. The number of ether oxygens (including phenoxy) is 1. The number of amides is 1. The molecule has 1 N–H and O–H groups in total. The first-order valence-electron chi connectivity index (χ1n) is 8.03. The fourth-order valence-corrected chi connectivity index (χ4v) is 2.57. The van der Waals surface area contributed by atoms with Gasteiger partial charge >= 0.3 is 0 Å². The van der Waals surface area contributed by atoms with Crippen LogP contribution in [0.4, 0.5) is 11.5 Å². The Bertz CT molecular complexity index is 474. The summed E-state index contributed by atoms with van der Waals surface area (Å²) >= 11 is 0. The number of carbonyl (C=O) groups excluding carboxylic acids is 1. The highest BCUT2D eigenvalue weighted by Crippen LogP contribution is 2.15. The molecule has 1 fully saturated rings. The number of rotatable bonds is 6. The summed E-state index contributed by atoms with van der Waals surface area (Å²) < 4.78 is 5.56. The summed E-state index contributed by atoms with van der Waals surface area (Å²) in [5, 5.41) is 2.89. The number of carbonyl (C=O) groups is 1. The van der Waals surface area contributed by atoms with E-state index < -0.39 is 6.10 Å². The van der Waals surface area contributed by atoms with Crippen LogP contribution in [0.1, 0.15) is 20.8 Å². The summed E-state index contributed by atoms with van der Waals surface area (Å²) in [6.45, 7) is 11.2. The third-order valence-electron chi connectivity index (χ3n) is 3.99. The van der Waals surface area contributed by atoms with Crippen LogP contribution in [0.15, 0.2) is 18.3 Å². The maximum atomic E-state index is 12.3. The third kappa shape index (κ3) is 4.18. The average Bonchev–Trinajstić information content (AvgIpc) is 2.57. The van der Waals surface area contributed by atoms with Gasteiger partial charge in [0.15, 0.2) is 0 Å². The van der Waals surface area contributed by atoms with Crippen LogP contribution in [0.25, 0.3) is 0 Å². The van der Waals surface area contributed by atoms with E-state index in [0.717, 1.165) is 32.0 Å². The largest absolute Gasteiger partial charge is 0.366 e. The van der Waals surface area contributed by atoms with Crippen LogP contribution in [0.2, 0.25) is 0 Å². The first-order valence-corrected chi connectivity index (χ1v) is 8.03. The fourth-order valence-electron chi connectivity index (χ4n) is 2.57. The minimum atomic E-state index is -0.406. The van der Waals surface area contributed by atoms with Crippen LogP contribution >= 0.6 is 0 Å². The number of hydrogen-bond acceptors (Lipinski definition) is 5. The van der Waals surface area contributed by atoms with E-state index in [2.05, 4.69) is 40.9 Å². The molecule has 2 heterocycles. The highest BCUT2D eigenvalue weighted by Gasteiger charge is 2.25. The van der Waals surface area contributed by atoms with Gasteiger partial charge in [-0.1, -0.05) is 6.92 Å². The highest BCUT2D eigenvalue weighted by molar-refractivity contribution is 5.94. The van der Waals surface area contributed by atoms with Crippen LogP contribution in [0.3, 0.4) is 0 Å². The van der Waals surface area contributed by atoms with Crippen molar-refractivity contribution in [3.05, 3.63) is 18.3 Å². The van der Waals surface area contributed by atoms with Crippen LogP contribution in [-0.4, -0.2) is 61.2 Å². The van der Waals surface area contributed by atoms with Gasteiger partial charge in [-0.3, -0.25) is 9.69 Å². The summed E-state index contributed by atoms with van der Waals surface area (Å²) in [7, 11) is 0. The average molecular weight is 306 g/mol. The molecule has 6 heteroatoms. The first kappa shape index (κ1) is 16.7. The lowest BCUT2D eigenvalue weighted by Crippen LogP contribution is -2.47. The van der Waals surface area contributed by atoms with Gasteiger partial charge in [-0.25, -0.2) is 4.98 Å². The zero-order chi connectivity index (χ0) is 15.9. The molecule has 0 spiro atoms. The van der Waals surface area contributed by atoms with E-state index in [9.17, 15) is 4.79 Å². The summed E-state index contributed by atoms with van der Waals surface area (Å²) in [6, 6.07) is 3.82. The second-order valence-electron chi connectivity index (χ2n) is 5.32. The minimum absolute atomic E-state index is 0.101. The second kappa shape index (κ2) is 8.10. The van der Waals surface area contributed by atoms with Crippen molar-refractivity contribution in [3.8, 4) is 0 Å². The molecule has 1 unspecified atom stereocenters. The van der Waals surface area contributed by atoms with Crippen molar-refractivity contribution >= 4 is 17.4 Å². The fraction of sp³-hybridized carbons (Fsp3) is 0.625. The first-order chi connectivity index (χ1) is 10.7. The van der Waals surface area contributed by atoms with Crippen molar-refractivity contribution in [2.24, 2.45) is 0 Å². The molecule has 1 saturated heterocycles. The van der Waals surface area contributed by atoms with Crippen LogP contribution in [0, 0.1) is 0 Å². The zero-order valence-electron chi connectivity index (χ0n) is 13.7. The van der Waals surface area contributed by atoms with E-state index in [1.165, 1.54) is 0 Å². The molecule has 0 aliphatic carbocycles. The van der Waals surface area contributed by atoms with Gasteiger partial charge in [0, 0.05) is 26.2 Å². The van der Waals surface area contributed by atoms with E-state index >= 15 is 0 Å². The molecule has 22 heavy (non-hydrogen) atoms. The molecule has 0 bridgehead atoms. The van der Waals surface area contributed by atoms with E-state index in [0.29, 0.717) is 18.8 Å². The van der Waals surface area contributed by atoms with Crippen molar-refractivity contribution in [2.75, 3.05) is 49.5 Å². The lowest BCUT2D eigenvalue weighted by atomic mass is 10.2. The molecule has 0 radical (unpaired) electrons. The predicted molar refractivity (Wildman–Crippen MR) is 88.3 cm³/mol. The van der Waals surface area contributed by atoms with Crippen molar-refractivity contribution in [2.45, 2.75) is 26.9 Å². The Morgan fingerprint density at radius 3 is 2.77 bits per heavy atom. The van der Waals surface area contributed by atoms with Crippen molar-refractivity contribution in [3.63, 3.8) is 0 Å². The van der Waals surface area contributed by atoms with Crippen molar-refractivity contribution in [1.29, 1.82) is 0 Å². The molecule has 0 aromatic carbocycles. The van der Waals surface area contributed by atoms with Crippen molar-refractivity contribution in [1.82, 2.24) is 9.88 Å². The molecular formula is C16H26N4O2. The van der Waals surface area contributed by atoms with E-state index in [-0.39, 0.29) is 5.91 Å². The van der Waals surface area contributed by atoms with Crippen LogP contribution < -0.4 is 10.2 Å². The second-order valence-corrected chi connectivity index (χ2v) is 5.32. The van der Waals surface area contributed by atoms with Crippen LogP contribution in [0.5, 0.6) is 0 Å². The number of pyridine rings is 1. The molecule has 2 rings (SSSR count). The highest BCUT2D eigenvalue weighted by atomic mass is 16.5. The summed E-state index contributed by atoms with van der Waals surface area (Å²) in [6.07, 6.45) is 1.29. The summed E-state index contributed by atoms with van der Waals surface area (Å²) in [4.78, 5) is 21.0. The monoisotopic (exact) mass is 306 g/mol. The smallest absolute Gasteiger partial charge is 0.254 e. The van der Waals surface area contributed by atoms with Gasteiger partial charge in [0.1, 0.15) is 11.9 Å².